The minimum absolute atomic E-state index is 0.151. The van der Waals surface area contributed by atoms with Gasteiger partial charge in [0.2, 0.25) is 0 Å². The quantitative estimate of drug-likeness (QED) is 0.849. The fourth-order valence-electron chi connectivity index (χ4n) is 1.66. The molecule has 5 heteroatoms. The van der Waals surface area contributed by atoms with Crippen LogP contribution in [0.4, 0.5) is 10.1 Å². The highest BCUT2D eigenvalue weighted by Gasteiger charge is 2.00. The van der Waals surface area contributed by atoms with Crippen LogP contribution >= 0.6 is 0 Å². The van der Waals surface area contributed by atoms with Crippen molar-refractivity contribution in [3.8, 4) is 5.75 Å². The molecule has 2 aromatic rings. The van der Waals surface area contributed by atoms with Crippen molar-refractivity contribution in [1.82, 2.24) is 0 Å². The summed E-state index contributed by atoms with van der Waals surface area (Å²) in [5, 5.41) is 3.19. The summed E-state index contributed by atoms with van der Waals surface area (Å²) in [4.78, 5) is 10.6. The summed E-state index contributed by atoms with van der Waals surface area (Å²) >= 11 is 0. The molecule has 0 bridgehead atoms. The Morgan fingerprint density at radius 3 is 2.65 bits per heavy atom. The number of hydrogen-bond acceptors (Lipinski definition) is 3. The van der Waals surface area contributed by atoms with Crippen LogP contribution in [0.1, 0.15) is 5.56 Å². The van der Waals surface area contributed by atoms with Crippen molar-refractivity contribution in [2.24, 2.45) is 5.73 Å². The van der Waals surface area contributed by atoms with Crippen LogP contribution in [-0.2, 0) is 11.3 Å². The molecular formula is C15H15FN2O2. The molecule has 4 nitrogen and oxygen atoms in total. The molecule has 1 amide bonds. The first kappa shape index (κ1) is 13.9. The second-order valence-electron chi connectivity index (χ2n) is 4.26. The first-order chi connectivity index (χ1) is 9.63. The topological polar surface area (TPSA) is 64.4 Å². The van der Waals surface area contributed by atoms with Crippen molar-refractivity contribution < 1.29 is 13.9 Å². The number of nitrogens with one attached hydrogen (secondary N) is 1. The molecule has 0 aliphatic rings. The van der Waals surface area contributed by atoms with E-state index in [0.717, 1.165) is 11.3 Å². The predicted molar refractivity (Wildman–Crippen MR) is 74.9 cm³/mol. The molecule has 0 aliphatic carbocycles. The summed E-state index contributed by atoms with van der Waals surface area (Å²) in [7, 11) is 0. The van der Waals surface area contributed by atoms with E-state index in [2.05, 4.69) is 5.32 Å². The first-order valence-corrected chi connectivity index (χ1v) is 6.13. The summed E-state index contributed by atoms with van der Waals surface area (Å²) in [6, 6.07) is 13.5. The second kappa shape index (κ2) is 6.56. The van der Waals surface area contributed by atoms with Crippen molar-refractivity contribution in [2.75, 3.05) is 11.9 Å². The number of halogens is 1. The minimum atomic E-state index is -0.519. The first-order valence-electron chi connectivity index (χ1n) is 6.13. The Kier molecular flexibility index (Phi) is 4.55. The fourth-order valence-corrected chi connectivity index (χ4v) is 1.66. The Balaban J connectivity index is 1.94. The van der Waals surface area contributed by atoms with Crippen LogP contribution in [0.5, 0.6) is 5.75 Å². The van der Waals surface area contributed by atoms with Crippen molar-refractivity contribution in [3.63, 3.8) is 0 Å². The number of anilines is 1. The van der Waals surface area contributed by atoms with Gasteiger partial charge < -0.3 is 15.8 Å². The number of carbonyl (C=O) groups is 1. The standard InChI is InChI=1S/C15H15FN2O2/c16-12-6-4-11(5-7-12)9-18-13-2-1-3-14(8-13)20-10-15(17)19/h1-8,18H,9-10H2,(H2,17,19). The van der Waals surface area contributed by atoms with Crippen molar-refractivity contribution in [3.05, 3.63) is 59.9 Å². The lowest BCUT2D eigenvalue weighted by Gasteiger charge is -2.09. The molecule has 0 radical (unpaired) electrons. The normalized spacial score (nSPS) is 10.1. The third-order valence-electron chi connectivity index (χ3n) is 2.63. The molecule has 2 aromatic carbocycles. The van der Waals surface area contributed by atoms with E-state index in [1.165, 1.54) is 12.1 Å². The van der Waals surface area contributed by atoms with Crippen molar-refractivity contribution in [2.45, 2.75) is 6.54 Å². The molecule has 3 N–H and O–H groups in total. The van der Waals surface area contributed by atoms with Gasteiger partial charge in [0.25, 0.3) is 5.91 Å². The highest BCUT2D eigenvalue weighted by atomic mass is 19.1. The van der Waals surface area contributed by atoms with Crippen LogP contribution in [0, 0.1) is 5.82 Å². The lowest BCUT2D eigenvalue weighted by Crippen LogP contribution is -2.20. The largest absolute Gasteiger partial charge is 0.484 e. The number of amides is 1. The zero-order valence-electron chi connectivity index (χ0n) is 10.8. The molecule has 0 unspecified atom stereocenters. The number of hydrogen-bond donors (Lipinski definition) is 2. The molecule has 0 atom stereocenters. The van der Waals surface area contributed by atoms with E-state index in [4.69, 9.17) is 10.5 Å². The van der Waals surface area contributed by atoms with Gasteiger partial charge in [-0.2, -0.15) is 0 Å². The van der Waals surface area contributed by atoms with E-state index in [1.807, 2.05) is 12.1 Å². The molecule has 0 aromatic heterocycles. The fraction of sp³-hybridized carbons (Fsp3) is 0.133. The molecule has 0 fully saturated rings. The van der Waals surface area contributed by atoms with Crippen LogP contribution in [0.3, 0.4) is 0 Å². The van der Waals surface area contributed by atoms with Crippen LogP contribution in [0.25, 0.3) is 0 Å². The SMILES string of the molecule is NC(=O)COc1cccc(NCc2ccc(F)cc2)c1. The van der Waals surface area contributed by atoms with Crippen LogP contribution in [-0.4, -0.2) is 12.5 Å². The maximum Gasteiger partial charge on any atom is 0.255 e. The molecule has 0 heterocycles. The van der Waals surface area contributed by atoms with Gasteiger partial charge in [0, 0.05) is 18.3 Å². The smallest absolute Gasteiger partial charge is 0.255 e. The maximum absolute atomic E-state index is 12.8. The zero-order chi connectivity index (χ0) is 14.4. The van der Waals surface area contributed by atoms with Gasteiger partial charge in [-0.05, 0) is 29.8 Å². The van der Waals surface area contributed by atoms with E-state index in [1.54, 1.807) is 24.3 Å². The number of rotatable bonds is 6. The molecule has 0 spiro atoms. The summed E-state index contributed by atoms with van der Waals surface area (Å²) in [5.41, 5.74) is 6.83. The Morgan fingerprint density at radius 1 is 1.20 bits per heavy atom. The van der Waals surface area contributed by atoms with Gasteiger partial charge >= 0.3 is 0 Å². The third kappa shape index (κ3) is 4.28. The van der Waals surface area contributed by atoms with Crippen LogP contribution in [0.15, 0.2) is 48.5 Å². The summed E-state index contributed by atoms with van der Waals surface area (Å²) < 4.78 is 18.0. The van der Waals surface area contributed by atoms with Crippen molar-refractivity contribution >= 4 is 11.6 Å². The van der Waals surface area contributed by atoms with E-state index in [-0.39, 0.29) is 12.4 Å². The third-order valence-corrected chi connectivity index (χ3v) is 2.63. The Hall–Kier alpha value is -2.56. The van der Waals surface area contributed by atoms with Gasteiger partial charge in [-0.3, -0.25) is 4.79 Å². The number of primary amides is 1. The minimum Gasteiger partial charge on any atom is -0.484 e. The molecule has 2 rings (SSSR count). The van der Waals surface area contributed by atoms with E-state index < -0.39 is 5.91 Å². The Morgan fingerprint density at radius 2 is 1.95 bits per heavy atom. The molecule has 20 heavy (non-hydrogen) atoms. The number of ether oxygens (including phenoxy) is 1. The van der Waals surface area contributed by atoms with Gasteiger partial charge in [0.05, 0.1) is 0 Å². The van der Waals surface area contributed by atoms with Gasteiger partial charge in [-0.1, -0.05) is 18.2 Å². The molecule has 0 saturated carbocycles. The number of nitrogens with two attached hydrogens (primary N) is 1. The lowest BCUT2D eigenvalue weighted by atomic mass is 10.2. The molecule has 0 saturated heterocycles. The predicted octanol–water partition coefficient (Wildman–Crippen LogP) is 2.30. The maximum atomic E-state index is 12.8. The van der Waals surface area contributed by atoms with E-state index in [0.29, 0.717) is 12.3 Å². The van der Waals surface area contributed by atoms with E-state index >= 15 is 0 Å². The second-order valence-corrected chi connectivity index (χ2v) is 4.26. The average molecular weight is 274 g/mol. The highest BCUT2D eigenvalue weighted by molar-refractivity contribution is 5.75. The van der Waals surface area contributed by atoms with E-state index in [9.17, 15) is 9.18 Å². The molecule has 104 valence electrons. The van der Waals surface area contributed by atoms with Gasteiger partial charge in [0.1, 0.15) is 11.6 Å². The lowest BCUT2D eigenvalue weighted by molar-refractivity contribution is -0.119. The van der Waals surface area contributed by atoms with Gasteiger partial charge in [-0.25, -0.2) is 4.39 Å². The van der Waals surface area contributed by atoms with Gasteiger partial charge in [-0.15, -0.1) is 0 Å². The Bertz CT molecular complexity index is 585. The van der Waals surface area contributed by atoms with Crippen LogP contribution in [0.2, 0.25) is 0 Å². The molecular weight excluding hydrogens is 259 g/mol. The summed E-state index contributed by atoms with van der Waals surface area (Å²) in [6.45, 7) is 0.418. The monoisotopic (exact) mass is 274 g/mol. The molecule has 0 aliphatic heterocycles. The number of benzene rings is 2. The van der Waals surface area contributed by atoms with Crippen molar-refractivity contribution in [1.29, 1.82) is 0 Å². The zero-order valence-corrected chi connectivity index (χ0v) is 10.8. The summed E-state index contributed by atoms with van der Waals surface area (Å²) in [5.74, 6) is -0.210. The highest BCUT2D eigenvalue weighted by Crippen LogP contribution is 2.18. The van der Waals surface area contributed by atoms with Crippen LogP contribution < -0.4 is 15.8 Å². The van der Waals surface area contributed by atoms with Gasteiger partial charge in [0.15, 0.2) is 6.61 Å². The Labute approximate surface area is 116 Å². The summed E-state index contributed by atoms with van der Waals surface area (Å²) in [6.07, 6.45) is 0. The number of carbonyl (C=O) groups excluding carboxylic acids is 1. The average Bonchev–Trinajstić information content (AvgIpc) is 2.45.